The molecule has 0 radical (unpaired) electrons. The van der Waals surface area contributed by atoms with Crippen molar-refractivity contribution in [1.29, 1.82) is 0 Å². The lowest BCUT2D eigenvalue weighted by Gasteiger charge is -2.11. The SMILES string of the molecule is COc1ccc(C(=O)[C@@H](C)OC(=O)/C=C/c2ccc(Br)s2)cc1. The predicted octanol–water partition coefficient (Wildman–Crippen LogP) is 4.35. The van der Waals surface area contributed by atoms with Gasteiger partial charge >= 0.3 is 5.97 Å². The van der Waals surface area contributed by atoms with Crippen LogP contribution in [-0.2, 0) is 9.53 Å². The summed E-state index contributed by atoms with van der Waals surface area (Å²) in [6.07, 6.45) is 2.12. The van der Waals surface area contributed by atoms with Crippen LogP contribution in [0, 0.1) is 0 Å². The third-order valence-corrected chi connectivity index (χ3v) is 4.60. The molecule has 0 unspecified atom stereocenters. The molecule has 0 amide bonds. The first kappa shape index (κ1) is 17.4. The second-order valence-corrected chi connectivity index (χ2v) is 7.14. The van der Waals surface area contributed by atoms with Crippen molar-refractivity contribution in [2.45, 2.75) is 13.0 Å². The van der Waals surface area contributed by atoms with Crippen LogP contribution in [0.25, 0.3) is 6.08 Å². The number of ketones is 1. The highest BCUT2D eigenvalue weighted by Crippen LogP contribution is 2.23. The summed E-state index contributed by atoms with van der Waals surface area (Å²) in [6.45, 7) is 1.56. The molecule has 0 saturated heterocycles. The molecular formula is C17H15BrO4S. The van der Waals surface area contributed by atoms with E-state index < -0.39 is 12.1 Å². The van der Waals surface area contributed by atoms with Gasteiger partial charge in [-0.25, -0.2) is 4.79 Å². The number of carbonyl (C=O) groups is 2. The van der Waals surface area contributed by atoms with Crippen molar-refractivity contribution >= 4 is 45.1 Å². The minimum atomic E-state index is -0.851. The Balaban J connectivity index is 1.94. The molecule has 2 rings (SSSR count). The van der Waals surface area contributed by atoms with Gasteiger partial charge in [0.25, 0.3) is 0 Å². The molecule has 0 fully saturated rings. The van der Waals surface area contributed by atoms with Gasteiger partial charge in [-0.15, -0.1) is 11.3 Å². The lowest BCUT2D eigenvalue weighted by molar-refractivity contribution is -0.140. The molecule has 23 heavy (non-hydrogen) atoms. The molecule has 0 bridgehead atoms. The van der Waals surface area contributed by atoms with E-state index in [4.69, 9.17) is 9.47 Å². The standard InChI is InChI=1S/C17H15BrO4S/c1-11(17(20)12-3-5-13(21-2)6-4-12)22-16(19)10-8-14-7-9-15(18)23-14/h3-11H,1-2H3/b10-8+/t11-/m1/s1. The number of rotatable bonds is 6. The first-order chi connectivity index (χ1) is 11.0. The van der Waals surface area contributed by atoms with Gasteiger partial charge in [0.15, 0.2) is 6.10 Å². The monoisotopic (exact) mass is 394 g/mol. The van der Waals surface area contributed by atoms with Crippen LogP contribution in [0.3, 0.4) is 0 Å². The van der Waals surface area contributed by atoms with E-state index in [1.807, 2.05) is 12.1 Å². The third-order valence-electron chi connectivity index (χ3n) is 3.01. The third kappa shape index (κ3) is 5.04. The normalized spacial score (nSPS) is 12.1. The second kappa shape index (κ2) is 8.08. The maximum atomic E-state index is 12.2. The second-order valence-electron chi connectivity index (χ2n) is 4.65. The number of hydrogen-bond donors (Lipinski definition) is 0. The van der Waals surface area contributed by atoms with Gasteiger partial charge in [0, 0.05) is 16.5 Å². The summed E-state index contributed by atoms with van der Waals surface area (Å²) < 4.78 is 11.2. The maximum absolute atomic E-state index is 12.2. The maximum Gasteiger partial charge on any atom is 0.331 e. The smallest absolute Gasteiger partial charge is 0.331 e. The van der Waals surface area contributed by atoms with Crippen molar-refractivity contribution < 1.29 is 19.1 Å². The minimum absolute atomic E-state index is 0.256. The number of hydrogen-bond acceptors (Lipinski definition) is 5. The van der Waals surface area contributed by atoms with E-state index in [0.717, 1.165) is 8.66 Å². The number of carbonyl (C=O) groups excluding carboxylic acids is 2. The van der Waals surface area contributed by atoms with Crippen LogP contribution >= 0.6 is 27.3 Å². The Hall–Kier alpha value is -1.92. The Morgan fingerprint density at radius 3 is 2.43 bits per heavy atom. The fourth-order valence-corrected chi connectivity index (χ4v) is 3.15. The molecule has 1 aromatic carbocycles. The first-order valence-electron chi connectivity index (χ1n) is 6.82. The van der Waals surface area contributed by atoms with E-state index in [0.29, 0.717) is 11.3 Å². The van der Waals surface area contributed by atoms with Crippen LogP contribution in [0.5, 0.6) is 5.75 Å². The lowest BCUT2D eigenvalue weighted by atomic mass is 10.1. The average molecular weight is 395 g/mol. The number of esters is 1. The molecular weight excluding hydrogens is 380 g/mol. The lowest BCUT2D eigenvalue weighted by Crippen LogP contribution is -2.23. The molecule has 0 aliphatic carbocycles. The zero-order chi connectivity index (χ0) is 16.8. The van der Waals surface area contributed by atoms with E-state index in [1.54, 1.807) is 44.4 Å². The van der Waals surface area contributed by atoms with E-state index in [1.165, 1.54) is 17.4 Å². The van der Waals surface area contributed by atoms with Gasteiger partial charge < -0.3 is 9.47 Å². The molecule has 4 nitrogen and oxygen atoms in total. The van der Waals surface area contributed by atoms with Gasteiger partial charge in [-0.3, -0.25) is 4.79 Å². The molecule has 2 aromatic rings. The Labute approximate surface area is 146 Å². The summed E-state index contributed by atoms with van der Waals surface area (Å²) in [5.74, 6) is -0.145. The molecule has 0 aliphatic rings. The quantitative estimate of drug-likeness (QED) is 0.415. The topological polar surface area (TPSA) is 52.6 Å². The molecule has 0 saturated carbocycles. The molecule has 6 heteroatoms. The van der Waals surface area contributed by atoms with Gasteiger partial charge in [-0.2, -0.15) is 0 Å². The van der Waals surface area contributed by atoms with Gasteiger partial charge in [0.2, 0.25) is 5.78 Å². The van der Waals surface area contributed by atoms with E-state index >= 15 is 0 Å². The van der Waals surface area contributed by atoms with Crippen LogP contribution in [0.2, 0.25) is 0 Å². The highest BCUT2D eigenvalue weighted by molar-refractivity contribution is 9.11. The number of ether oxygens (including phenoxy) is 2. The highest BCUT2D eigenvalue weighted by Gasteiger charge is 2.18. The van der Waals surface area contributed by atoms with Crippen LogP contribution in [-0.4, -0.2) is 25.0 Å². The van der Waals surface area contributed by atoms with Crippen molar-refractivity contribution in [2.75, 3.05) is 7.11 Å². The summed E-state index contributed by atoms with van der Waals surface area (Å²) in [5.41, 5.74) is 0.470. The van der Waals surface area contributed by atoms with E-state index in [-0.39, 0.29) is 5.78 Å². The first-order valence-corrected chi connectivity index (χ1v) is 8.43. The Morgan fingerprint density at radius 2 is 1.87 bits per heavy atom. The van der Waals surface area contributed by atoms with Gasteiger partial charge in [-0.1, -0.05) is 0 Å². The zero-order valence-corrected chi connectivity index (χ0v) is 15.0. The largest absolute Gasteiger partial charge is 0.497 e. The number of benzene rings is 1. The van der Waals surface area contributed by atoms with Crippen molar-refractivity contribution in [3.8, 4) is 5.75 Å². The fourth-order valence-electron chi connectivity index (χ4n) is 1.83. The van der Waals surface area contributed by atoms with Crippen LogP contribution in [0.4, 0.5) is 0 Å². The number of methoxy groups -OCH3 is 1. The Morgan fingerprint density at radius 1 is 1.17 bits per heavy atom. The highest BCUT2D eigenvalue weighted by atomic mass is 79.9. The molecule has 1 atom stereocenters. The summed E-state index contributed by atoms with van der Waals surface area (Å²) in [5, 5.41) is 0. The average Bonchev–Trinajstić information content (AvgIpc) is 2.97. The summed E-state index contributed by atoms with van der Waals surface area (Å²) in [6, 6.07) is 10.4. The summed E-state index contributed by atoms with van der Waals surface area (Å²) in [4.78, 5) is 24.9. The number of thiophene rings is 1. The van der Waals surface area contributed by atoms with Gasteiger partial charge in [-0.05, 0) is 65.3 Å². The molecule has 0 aliphatic heterocycles. The summed E-state index contributed by atoms with van der Waals surface area (Å²) >= 11 is 4.85. The zero-order valence-electron chi connectivity index (χ0n) is 12.6. The molecule has 1 aromatic heterocycles. The molecule has 0 N–H and O–H groups in total. The molecule has 120 valence electrons. The molecule has 1 heterocycles. The van der Waals surface area contributed by atoms with Crippen molar-refractivity contribution in [2.24, 2.45) is 0 Å². The van der Waals surface area contributed by atoms with Crippen LogP contribution < -0.4 is 4.74 Å². The number of halogens is 1. The van der Waals surface area contributed by atoms with Gasteiger partial charge in [0.1, 0.15) is 5.75 Å². The summed E-state index contributed by atoms with van der Waals surface area (Å²) in [7, 11) is 1.56. The Bertz CT molecular complexity index is 718. The number of Topliss-reactive ketones (excluding diaryl/α,β-unsaturated/α-hetero) is 1. The fraction of sp³-hybridized carbons (Fsp3) is 0.176. The molecule has 0 spiro atoms. The van der Waals surface area contributed by atoms with Crippen LogP contribution in [0.15, 0.2) is 46.3 Å². The van der Waals surface area contributed by atoms with Crippen LogP contribution in [0.1, 0.15) is 22.2 Å². The van der Waals surface area contributed by atoms with Crippen molar-refractivity contribution in [3.63, 3.8) is 0 Å². The Kier molecular flexibility index (Phi) is 6.12. The minimum Gasteiger partial charge on any atom is -0.497 e. The van der Waals surface area contributed by atoms with Crippen molar-refractivity contribution in [1.82, 2.24) is 0 Å². The van der Waals surface area contributed by atoms with E-state index in [9.17, 15) is 9.59 Å². The predicted molar refractivity (Wildman–Crippen MR) is 93.9 cm³/mol. The van der Waals surface area contributed by atoms with E-state index in [2.05, 4.69) is 15.9 Å². The van der Waals surface area contributed by atoms with Crippen molar-refractivity contribution in [3.05, 3.63) is 56.7 Å². The van der Waals surface area contributed by atoms with Gasteiger partial charge in [0.05, 0.1) is 10.9 Å².